The van der Waals surface area contributed by atoms with Gasteiger partial charge < -0.3 is 9.47 Å². The molecule has 1 saturated heterocycles. The molecule has 1 fully saturated rings. The smallest absolute Gasteiger partial charge is 0.118 e. The fourth-order valence-corrected chi connectivity index (χ4v) is 2.06. The Labute approximate surface area is 101 Å². The summed E-state index contributed by atoms with van der Waals surface area (Å²) in [6, 6.07) is 18.4. The fourth-order valence-electron chi connectivity index (χ4n) is 2.06. The Balaban J connectivity index is 1.76. The number of benzene rings is 2. The molecule has 0 unspecified atom stereocenters. The second-order valence-corrected chi connectivity index (χ2v) is 4.16. The van der Waals surface area contributed by atoms with Crippen molar-refractivity contribution in [2.45, 2.75) is 12.2 Å². The number of methoxy groups -OCH3 is 1. The Kier molecular flexibility index (Phi) is 2.57. The third-order valence-corrected chi connectivity index (χ3v) is 3.06. The molecule has 2 nitrogen and oxygen atoms in total. The van der Waals surface area contributed by atoms with Crippen LogP contribution in [-0.2, 0) is 4.74 Å². The van der Waals surface area contributed by atoms with Crippen molar-refractivity contribution in [3.8, 4) is 5.75 Å². The summed E-state index contributed by atoms with van der Waals surface area (Å²) in [6.07, 6.45) is 0.410. The molecule has 86 valence electrons. The molecule has 17 heavy (non-hydrogen) atoms. The summed E-state index contributed by atoms with van der Waals surface area (Å²) in [4.78, 5) is 0. The minimum Gasteiger partial charge on any atom is -0.497 e. The Bertz CT molecular complexity index is 490. The molecular formula is C15H14O2. The van der Waals surface area contributed by atoms with Gasteiger partial charge in [-0.2, -0.15) is 0 Å². The van der Waals surface area contributed by atoms with Crippen LogP contribution in [0.3, 0.4) is 0 Å². The molecule has 0 aromatic heterocycles. The molecule has 0 spiro atoms. The SMILES string of the molecule is COc1ccc([C@@H]2O[C@H]2c2ccccc2)cc1. The van der Waals surface area contributed by atoms with Crippen LogP contribution in [0.25, 0.3) is 0 Å². The molecule has 0 N–H and O–H groups in total. The van der Waals surface area contributed by atoms with Crippen LogP contribution in [0.1, 0.15) is 23.3 Å². The molecule has 2 aromatic rings. The molecule has 0 aliphatic carbocycles. The van der Waals surface area contributed by atoms with Crippen molar-refractivity contribution in [2.24, 2.45) is 0 Å². The lowest BCUT2D eigenvalue weighted by atomic mass is 10.0. The zero-order valence-corrected chi connectivity index (χ0v) is 9.67. The third-order valence-electron chi connectivity index (χ3n) is 3.06. The van der Waals surface area contributed by atoms with Crippen molar-refractivity contribution in [3.05, 3.63) is 65.7 Å². The van der Waals surface area contributed by atoms with Gasteiger partial charge in [0.1, 0.15) is 18.0 Å². The molecule has 2 atom stereocenters. The van der Waals surface area contributed by atoms with Crippen molar-refractivity contribution in [1.29, 1.82) is 0 Å². The number of epoxide rings is 1. The van der Waals surface area contributed by atoms with Crippen molar-refractivity contribution in [3.63, 3.8) is 0 Å². The first-order valence-corrected chi connectivity index (χ1v) is 5.73. The quantitative estimate of drug-likeness (QED) is 0.747. The van der Waals surface area contributed by atoms with Gasteiger partial charge in [0.15, 0.2) is 0 Å². The highest BCUT2D eigenvalue weighted by molar-refractivity contribution is 5.33. The van der Waals surface area contributed by atoms with Crippen LogP contribution in [0.2, 0.25) is 0 Å². The molecule has 0 saturated carbocycles. The lowest BCUT2D eigenvalue weighted by Crippen LogP contribution is -1.86. The van der Waals surface area contributed by atoms with Crippen molar-refractivity contribution in [1.82, 2.24) is 0 Å². The van der Waals surface area contributed by atoms with E-state index in [0.29, 0.717) is 0 Å². The van der Waals surface area contributed by atoms with E-state index in [9.17, 15) is 0 Å². The number of hydrogen-bond donors (Lipinski definition) is 0. The second kappa shape index (κ2) is 4.22. The minimum atomic E-state index is 0.198. The van der Waals surface area contributed by atoms with Gasteiger partial charge in [-0.25, -0.2) is 0 Å². The van der Waals surface area contributed by atoms with E-state index < -0.39 is 0 Å². The van der Waals surface area contributed by atoms with Gasteiger partial charge in [-0.3, -0.25) is 0 Å². The number of ether oxygens (including phenoxy) is 2. The molecular weight excluding hydrogens is 212 g/mol. The highest BCUT2D eigenvalue weighted by Gasteiger charge is 2.41. The summed E-state index contributed by atoms with van der Waals surface area (Å²) in [5.41, 5.74) is 2.45. The van der Waals surface area contributed by atoms with Crippen molar-refractivity contribution in [2.75, 3.05) is 7.11 Å². The standard InChI is InChI=1S/C15H14O2/c1-16-13-9-7-12(8-10-13)15-14(17-15)11-5-3-2-4-6-11/h2-10,14-15H,1H3/t14-,15-/m0/s1. The molecule has 0 radical (unpaired) electrons. The van der Waals surface area contributed by atoms with Crippen LogP contribution in [0, 0.1) is 0 Å². The molecule has 3 rings (SSSR count). The lowest BCUT2D eigenvalue weighted by Gasteiger charge is -2.00. The Morgan fingerprint density at radius 1 is 0.824 bits per heavy atom. The van der Waals surface area contributed by atoms with E-state index >= 15 is 0 Å². The van der Waals surface area contributed by atoms with E-state index in [2.05, 4.69) is 24.3 Å². The first-order chi connectivity index (χ1) is 8.38. The first-order valence-electron chi connectivity index (χ1n) is 5.73. The van der Waals surface area contributed by atoms with E-state index in [4.69, 9.17) is 9.47 Å². The normalized spacial score (nSPS) is 22.2. The molecule has 2 heteroatoms. The molecule has 0 amide bonds. The summed E-state index contributed by atoms with van der Waals surface area (Å²) in [7, 11) is 1.68. The van der Waals surface area contributed by atoms with E-state index in [0.717, 1.165) is 5.75 Å². The largest absolute Gasteiger partial charge is 0.497 e. The maximum Gasteiger partial charge on any atom is 0.118 e. The van der Waals surface area contributed by atoms with E-state index in [-0.39, 0.29) is 12.2 Å². The number of rotatable bonds is 3. The summed E-state index contributed by atoms with van der Waals surface area (Å²) in [5.74, 6) is 0.880. The van der Waals surface area contributed by atoms with Crippen LogP contribution in [0.15, 0.2) is 54.6 Å². The highest BCUT2D eigenvalue weighted by Crippen LogP contribution is 2.50. The molecule has 2 aromatic carbocycles. The van der Waals surface area contributed by atoms with E-state index in [1.54, 1.807) is 7.11 Å². The fraction of sp³-hybridized carbons (Fsp3) is 0.200. The molecule has 1 aliphatic rings. The Hall–Kier alpha value is -1.80. The van der Waals surface area contributed by atoms with Crippen molar-refractivity contribution < 1.29 is 9.47 Å². The average molecular weight is 226 g/mol. The topological polar surface area (TPSA) is 21.8 Å². The maximum absolute atomic E-state index is 5.72. The average Bonchev–Trinajstić information content (AvgIpc) is 3.20. The highest BCUT2D eigenvalue weighted by atomic mass is 16.6. The van der Waals surface area contributed by atoms with Gasteiger partial charge in [0.05, 0.1) is 7.11 Å². The summed E-state index contributed by atoms with van der Waals surface area (Å²) in [5, 5.41) is 0. The Morgan fingerprint density at radius 3 is 2.00 bits per heavy atom. The van der Waals surface area contributed by atoms with Crippen LogP contribution in [-0.4, -0.2) is 7.11 Å². The van der Waals surface area contributed by atoms with Gasteiger partial charge in [-0.1, -0.05) is 42.5 Å². The zero-order valence-electron chi connectivity index (χ0n) is 9.67. The van der Waals surface area contributed by atoms with Crippen molar-refractivity contribution >= 4 is 0 Å². The summed E-state index contributed by atoms with van der Waals surface area (Å²) in [6.45, 7) is 0. The molecule has 0 bridgehead atoms. The van der Waals surface area contributed by atoms with Gasteiger partial charge in [-0.05, 0) is 23.3 Å². The Morgan fingerprint density at radius 2 is 1.41 bits per heavy atom. The second-order valence-electron chi connectivity index (χ2n) is 4.16. The van der Waals surface area contributed by atoms with E-state index in [1.165, 1.54) is 11.1 Å². The maximum atomic E-state index is 5.72. The molecule has 1 aliphatic heterocycles. The van der Waals surface area contributed by atoms with Gasteiger partial charge in [0.25, 0.3) is 0 Å². The predicted octanol–water partition coefficient (Wildman–Crippen LogP) is 3.51. The van der Waals surface area contributed by atoms with Gasteiger partial charge in [-0.15, -0.1) is 0 Å². The summed E-state index contributed by atoms with van der Waals surface area (Å²) < 4.78 is 10.9. The van der Waals surface area contributed by atoms with Crippen LogP contribution >= 0.6 is 0 Å². The minimum absolute atomic E-state index is 0.198. The third kappa shape index (κ3) is 2.04. The monoisotopic (exact) mass is 226 g/mol. The number of hydrogen-bond acceptors (Lipinski definition) is 2. The first kappa shape index (κ1) is 10.4. The lowest BCUT2D eigenvalue weighted by molar-refractivity contribution is 0.377. The van der Waals surface area contributed by atoms with Crippen LogP contribution in [0.4, 0.5) is 0 Å². The van der Waals surface area contributed by atoms with Crippen LogP contribution < -0.4 is 4.74 Å². The zero-order chi connectivity index (χ0) is 11.7. The van der Waals surface area contributed by atoms with Gasteiger partial charge in [0.2, 0.25) is 0 Å². The van der Waals surface area contributed by atoms with Gasteiger partial charge in [0, 0.05) is 0 Å². The van der Waals surface area contributed by atoms with Gasteiger partial charge >= 0.3 is 0 Å². The summed E-state index contributed by atoms with van der Waals surface area (Å²) >= 11 is 0. The predicted molar refractivity (Wildman–Crippen MR) is 66.0 cm³/mol. The van der Waals surface area contributed by atoms with Crippen LogP contribution in [0.5, 0.6) is 5.75 Å². The van der Waals surface area contributed by atoms with E-state index in [1.807, 2.05) is 30.3 Å². The molecule has 1 heterocycles.